The van der Waals surface area contributed by atoms with Gasteiger partial charge in [-0.25, -0.2) is 13.8 Å². The Morgan fingerprint density at radius 2 is 1.86 bits per heavy atom. The lowest BCUT2D eigenvalue weighted by Crippen LogP contribution is -2.15. The number of nitrogens with zero attached hydrogens (tertiary/aromatic N) is 4. The summed E-state index contributed by atoms with van der Waals surface area (Å²) in [6.45, 7) is 2.14. The van der Waals surface area contributed by atoms with Gasteiger partial charge in [0.25, 0.3) is 0 Å². The molecule has 2 heterocycles. The fraction of sp³-hybridized carbons (Fsp3) is 0.200. The minimum atomic E-state index is -0.949. The van der Waals surface area contributed by atoms with Crippen LogP contribution in [0.3, 0.4) is 0 Å². The molecular formula is C20H16F2N4O2S. The Labute approximate surface area is 168 Å². The van der Waals surface area contributed by atoms with Gasteiger partial charge in [0.1, 0.15) is 22.4 Å². The summed E-state index contributed by atoms with van der Waals surface area (Å²) in [6.07, 6.45) is 0.408. The summed E-state index contributed by atoms with van der Waals surface area (Å²) in [7, 11) is 0. The molecule has 9 heteroatoms. The van der Waals surface area contributed by atoms with E-state index in [0.29, 0.717) is 35.0 Å². The first-order valence-electron chi connectivity index (χ1n) is 8.92. The molecule has 2 aromatic heterocycles. The van der Waals surface area contributed by atoms with Crippen molar-refractivity contribution in [2.24, 2.45) is 0 Å². The molecule has 0 bridgehead atoms. The van der Waals surface area contributed by atoms with E-state index in [9.17, 15) is 18.7 Å². The van der Waals surface area contributed by atoms with Crippen LogP contribution in [0.4, 0.5) is 8.78 Å². The molecule has 1 atom stereocenters. The second-order valence-corrected chi connectivity index (χ2v) is 7.66. The highest BCUT2D eigenvalue weighted by atomic mass is 32.2. The van der Waals surface area contributed by atoms with Gasteiger partial charge >= 0.3 is 5.97 Å². The molecule has 0 spiro atoms. The van der Waals surface area contributed by atoms with Crippen LogP contribution < -0.4 is 0 Å². The first-order valence-corrected chi connectivity index (χ1v) is 9.80. The van der Waals surface area contributed by atoms with Crippen molar-refractivity contribution in [3.05, 3.63) is 59.7 Å². The van der Waals surface area contributed by atoms with Crippen molar-refractivity contribution in [2.45, 2.75) is 30.3 Å². The molecule has 0 radical (unpaired) electrons. The molecule has 0 aliphatic carbocycles. The fourth-order valence-electron chi connectivity index (χ4n) is 3.13. The summed E-state index contributed by atoms with van der Waals surface area (Å²) in [5, 5.41) is 17.6. The molecule has 6 nitrogen and oxygen atoms in total. The number of hydrogen-bond acceptors (Lipinski definition) is 5. The number of fused-ring (bicyclic) bond motifs is 3. The van der Waals surface area contributed by atoms with E-state index in [4.69, 9.17) is 0 Å². The van der Waals surface area contributed by atoms with E-state index in [-0.39, 0.29) is 11.0 Å². The zero-order chi connectivity index (χ0) is 20.5. The SMILES string of the molecule is CCC(Sc1nnc2c3cc(F)ccc3n(Cc3ccc(F)cc3)c2n1)C(=O)O. The highest BCUT2D eigenvalue weighted by Crippen LogP contribution is 2.30. The number of aliphatic carboxylic acids is 1. The van der Waals surface area contributed by atoms with Gasteiger partial charge in [-0.1, -0.05) is 30.8 Å². The van der Waals surface area contributed by atoms with Gasteiger partial charge < -0.3 is 9.67 Å². The Morgan fingerprint density at radius 3 is 2.55 bits per heavy atom. The smallest absolute Gasteiger partial charge is 0.317 e. The van der Waals surface area contributed by atoms with Gasteiger partial charge in [0.15, 0.2) is 5.65 Å². The molecule has 1 unspecified atom stereocenters. The maximum atomic E-state index is 13.8. The summed E-state index contributed by atoms with van der Waals surface area (Å²) in [4.78, 5) is 15.9. The van der Waals surface area contributed by atoms with E-state index in [0.717, 1.165) is 17.3 Å². The molecule has 0 fully saturated rings. The Balaban J connectivity index is 1.86. The number of rotatable bonds is 6. The summed E-state index contributed by atoms with van der Waals surface area (Å²) in [5.41, 5.74) is 2.43. The quantitative estimate of drug-likeness (QED) is 0.475. The number of benzene rings is 2. The number of hydrogen-bond donors (Lipinski definition) is 1. The molecule has 29 heavy (non-hydrogen) atoms. The molecule has 0 aliphatic rings. The maximum absolute atomic E-state index is 13.8. The number of carboxylic acid groups (broad SMARTS) is 1. The number of carbonyl (C=O) groups is 1. The van der Waals surface area contributed by atoms with Crippen LogP contribution in [0, 0.1) is 11.6 Å². The minimum Gasteiger partial charge on any atom is -0.480 e. The minimum absolute atomic E-state index is 0.232. The lowest BCUT2D eigenvalue weighted by Gasteiger charge is -2.09. The second-order valence-electron chi connectivity index (χ2n) is 6.49. The molecule has 4 aromatic rings. The Bertz CT molecular complexity index is 1210. The zero-order valence-electron chi connectivity index (χ0n) is 15.3. The van der Waals surface area contributed by atoms with Crippen molar-refractivity contribution >= 4 is 39.8 Å². The maximum Gasteiger partial charge on any atom is 0.317 e. The van der Waals surface area contributed by atoms with Crippen LogP contribution in [0.1, 0.15) is 18.9 Å². The molecule has 0 saturated heterocycles. The molecule has 0 aliphatic heterocycles. The lowest BCUT2D eigenvalue weighted by molar-refractivity contribution is -0.136. The topological polar surface area (TPSA) is 80.9 Å². The van der Waals surface area contributed by atoms with Crippen LogP contribution in [0.15, 0.2) is 47.6 Å². The second kappa shape index (κ2) is 7.75. The van der Waals surface area contributed by atoms with Gasteiger partial charge in [-0.15, -0.1) is 10.2 Å². The average molecular weight is 414 g/mol. The molecule has 148 valence electrons. The van der Waals surface area contributed by atoms with Crippen LogP contribution in [0.2, 0.25) is 0 Å². The summed E-state index contributed by atoms with van der Waals surface area (Å²) < 4.78 is 28.9. The summed E-state index contributed by atoms with van der Waals surface area (Å²) >= 11 is 1.02. The van der Waals surface area contributed by atoms with Gasteiger partial charge in [-0.05, 0) is 42.3 Å². The summed E-state index contributed by atoms with van der Waals surface area (Å²) in [6, 6.07) is 10.4. The van der Waals surface area contributed by atoms with Crippen LogP contribution in [-0.4, -0.2) is 36.1 Å². The first kappa shape index (κ1) is 19.3. The Hall–Kier alpha value is -3.07. The molecular weight excluding hydrogens is 398 g/mol. The van der Waals surface area contributed by atoms with E-state index in [1.54, 1.807) is 25.1 Å². The van der Waals surface area contributed by atoms with Crippen LogP contribution >= 0.6 is 11.8 Å². The van der Waals surface area contributed by atoms with Gasteiger partial charge in [0.2, 0.25) is 5.16 Å². The first-order chi connectivity index (χ1) is 14.0. The van der Waals surface area contributed by atoms with Crippen molar-refractivity contribution in [3.63, 3.8) is 0 Å². The van der Waals surface area contributed by atoms with Gasteiger partial charge in [-0.2, -0.15) is 0 Å². The van der Waals surface area contributed by atoms with Gasteiger partial charge in [-0.3, -0.25) is 4.79 Å². The number of aromatic nitrogens is 4. The Morgan fingerprint density at radius 1 is 1.14 bits per heavy atom. The molecule has 2 aromatic carbocycles. The number of halogens is 2. The number of carboxylic acids is 1. The zero-order valence-corrected chi connectivity index (χ0v) is 16.2. The van der Waals surface area contributed by atoms with E-state index in [2.05, 4.69) is 15.2 Å². The predicted molar refractivity (Wildman–Crippen MR) is 106 cm³/mol. The predicted octanol–water partition coefficient (Wildman–Crippen LogP) is 4.26. The molecule has 4 rings (SSSR count). The van der Waals surface area contributed by atoms with E-state index in [1.165, 1.54) is 24.3 Å². The van der Waals surface area contributed by atoms with Crippen molar-refractivity contribution in [3.8, 4) is 0 Å². The van der Waals surface area contributed by atoms with Gasteiger partial charge in [0, 0.05) is 11.9 Å². The Kier molecular flexibility index (Phi) is 5.14. The third kappa shape index (κ3) is 3.77. The van der Waals surface area contributed by atoms with Crippen molar-refractivity contribution in [2.75, 3.05) is 0 Å². The van der Waals surface area contributed by atoms with E-state index >= 15 is 0 Å². The summed E-state index contributed by atoms with van der Waals surface area (Å²) in [5.74, 6) is -1.69. The van der Waals surface area contributed by atoms with Crippen molar-refractivity contribution in [1.82, 2.24) is 19.7 Å². The molecule has 0 amide bonds. The van der Waals surface area contributed by atoms with Crippen LogP contribution in [-0.2, 0) is 11.3 Å². The monoisotopic (exact) mass is 414 g/mol. The van der Waals surface area contributed by atoms with Gasteiger partial charge in [0.05, 0.1) is 5.52 Å². The highest BCUT2D eigenvalue weighted by molar-refractivity contribution is 8.00. The third-order valence-corrected chi connectivity index (χ3v) is 5.76. The normalized spacial score (nSPS) is 12.5. The van der Waals surface area contributed by atoms with E-state index < -0.39 is 17.0 Å². The van der Waals surface area contributed by atoms with Crippen molar-refractivity contribution in [1.29, 1.82) is 0 Å². The third-order valence-electron chi connectivity index (χ3n) is 4.56. The van der Waals surface area contributed by atoms with Crippen LogP contribution in [0.5, 0.6) is 0 Å². The van der Waals surface area contributed by atoms with E-state index in [1.807, 2.05) is 4.57 Å². The molecule has 0 saturated carbocycles. The standard InChI is InChI=1S/C20H16F2N4O2S/c1-2-16(19(27)28)29-20-23-18-17(24-25-20)14-9-13(22)7-8-15(14)26(18)10-11-3-5-12(21)6-4-11/h3-9,16H,2,10H2,1H3,(H,27,28). The molecule has 1 N–H and O–H groups in total. The van der Waals surface area contributed by atoms with Crippen molar-refractivity contribution < 1.29 is 18.7 Å². The largest absolute Gasteiger partial charge is 0.480 e. The number of thioether (sulfide) groups is 1. The highest BCUT2D eigenvalue weighted by Gasteiger charge is 2.21. The van der Waals surface area contributed by atoms with Crippen LogP contribution in [0.25, 0.3) is 22.1 Å². The fourth-order valence-corrected chi connectivity index (χ4v) is 3.88. The lowest BCUT2D eigenvalue weighted by atomic mass is 10.2. The average Bonchev–Trinajstić information content (AvgIpc) is 3.00.